The van der Waals surface area contributed by atoms with Crippen LogP contribution >= 0.6 is 23.2 Å². The van der Waals surface area contributed by atoms with Gasteiger partial charge in [-0.05, 0) is 212 Å². The second-order valence-corrected chi connectivity index (χ2v) is 18.4. The predicted octanol–water partition coefficient (Wildman–Crippen LogP) is 12.2. The van der Waals surface area contributed by atoms with E-state index in [1.807, 2.05) is 43.3 Å². The number of hydrogen-bond donors (Lipinski definition) is 10. The Morgan fingerprint density at radius 2 is 0.642 bits per heavy atom. The van der Waals surface area contributed by atoms with Crippen molar-refractivity contribution in [1.82, 2.24) is 0 Å². The van der Waals surface area contributed by atoms with Gasteiger partial charge in [0.25, 0.3) is 23.6 Å². The standard InChI is InChI=1S/C15H17N3O.C15H14N2O3.2C13H11ClN2O.C6H8N2/c1-18(2)14-9-3-11(4-10-14)15(19)17-13-7-5-12(16)6-8-13;1-10(18)20-14-8-2-11(3-9-14)15(19)17-13-6-4-12(16)5-7-13;14-10-3-1-9(2-4-10)13(17)16-12-7-5-11(15)6-8-12;14-10-3-1-2-9(8-10)13(17)16-12-6-4-11(15)5-7-12;7-5-1-2-6(8)4-3-5/h3-10H,16H2,1-2H3,(H,17,19);2-9H,16H2,1H3,(H,17,19);2*1-8H,15H2,(H,16,17);1-4H,7-8H2. The molecule has 0 heterocycles. The summed E-state index contributed by atoms with van der Waals surface area (Å²) in [5, 5.41) is 12.2. The fraction of sp³-hybridized carbons (Fsp3) is 0.0484. The van der Waals surface area contributed by atoms with Gasteiger partial charge in [-0.2, -0.15) is 0 Å². The van der Waals surface area contributed by atoms with Crippen LogP contribution < -0.4 is 65.3 Å². The molecule has 0 saturated carbocycles. The van der Waals surface area contributed by atoms with Crippen molar-refractivity contribution < 1.29 is 28.7 Å². The number of nitrogen functional groups attached to an aromatic ring is 6. The van der Waals surface area contributed by atoms with Crippen molar-refractivity contribution in [2.45, 2.75) is 6.92 Å². The smallest absolute Gasteiger partial charge is 0.308 e. The van der Waals surface area contributed by atoms with Crippen LogP contribution in [0.25, 0.3) is 0 Å². The molecule has 0 saturated heterocycles. The van der Waals surface area contributed by atoms with Crippen LogP contribution in [0.1, 0.15) is 48.4 Å². The topological polar surface area (TPSA) is 302 Å². The first-order valence-corrected chi connectivity index (χ1v) is 25.3. The van der Waals surface area contributed by atoms with E-state index in [2.05, 4.69) is 21.3 Å². The Bertz CT molecular complexity index is 3440. The van der Waals surface area contributed by atoms with E-state index in [-0.39, 0.29) is 23.6 Å². The molecule has 0 aliphatic rings. The van der Waals surface area contributed by atoms with Crippen LogP contribution in [0.5, 0.6) is 5.75 Å². The lowest BCUT2D eigenvalue weighted by atomic mass is 10.2. The molecule has 0 fully saturated rings. The van der Waals surface area contributed by atoms with Gasteiger partial charge < -0.3 is 65.3 Å². The van der Waals surface area contributed by atoms with Gasteiger partial charge in [-0.3, -0.25) is 24.0 Å². The number of esters is 1. The average Bonchev–Trinajstić information content (AvgIpc) is 3.45. The van der Waals surface area contributed by atoms with Gasteiger partial charge in [-0.15, -0.1) is 0 Å². The molecule has 9 aromatic carbocycles. The van der Waals surface area contributed by atoms with E-state index < -0.39 is 5.97 Å². The number of nitrogens with one attached hydrogen (secondary N) is 4. The lowest BCUT2D eigenvalue weighted by molar-refractivity contribution is -0.131. The fourth-order valence-corrected chi connectivity index (χ4v) is 6.87. The summed E-state index contributed by atoms with van der Waals surface area (Å²) < 4.78 is 4.90. The number of carbonyl (C=O) groups excluding carboxylic acids is 5. The van der Waals surface area contributed by atoms with E-state index >= 15 is 0 Å². The summed E-state index contributed by atoms with van der Waals surface area (Å²) in [7, 11) is 3.92. The van der Waals surface area contributed by atoms with Crippen LogP contribution in [-0.4, -0.2) is 43.7 Å². The maximum absolute atomic E-state index is 12.0. The summed E-state index contributed by atoms with van der Waals surface area (Å²) in [5.74, 6) is -0.742. The van der Waals surface area contributed by atoms with Gasteiger partial charge >= 0.3 is 5.97 Å². The number of rotatable bonds is 10. The molecule has 17 nitrogen and oxygen atoms in total. The molecule has 0 spiro atoms. The highest BCUT2D eigenvalue weighted by Gasteiger charge is 2.10. The molecule has 16 N–H and O–H groups in total. The molecule has 414 valence electrons. The Morgan fingerprint density at radius 3 is 0.938 bits per heavy atom. The number of hydrogen-bond acceptors (Lipinski definition) is 13. The molecule has 19 heteroatoms. The number of ether oxygens (including phenoxy) is 1. The fourth-order valence-electron chi connectivity index (χ4n) is 6.56. The second kappa shape index (κ2) is 31.0. The third-order valence-electron chi connectivity index (χ3n) is 10.8. The number of halogens is 2. The highest BCUT2D eigenvalue weighted by atomic mass is 35.5. The van der Waals surface area contributed by atoms with E-state index in [0.29, 0.717) is 77.9 Å². The Labute approximate surface area is 479 Å². The maximum Gasteiger partial charge on any atom is 0.308 e. The molecule has 0 aliphatic heterocycles. The van der Waals surface area contributed by atoms with E-state index in [1.54, 1.807) is 194 Å². The van der Waals surface area contributed by atoms with Gasteiger partial charge in [0.15, 0.2) is 0 Å². The van der Waals surface area contributed by atoms with E-state index in [4.69, 9.17) is 62.3 Å². The van der Waals surface area contributed by atoms with Crippen molar-refractivity contribution in [2.75, 3.05) is 74.7 Å². The predicted molar refractivity (Wildman–Crippen MR) is 332 cm³/mol. The minimum atomic E-state index is -0.399. The van der Waals surface area contributed by atoms with Crippen LogP contribution in [0.4, 0.5) is 62.6 Å². The molecule has 0 radical (unpaired) electrons. The van der Waals surface area contributed by atoms with E-state index in [1.165, 1.54) is 6.92 Å². The zero-order valence-electron chi connectivity index (χ0n) is 44.4. The largest absolute Gasteiger partial charge is 0.427 e. The monoisotopic (exact) mass is 1130 g/mol. The Morgan fingerprint density at radius 1 is 0.358 bits per heavy atom. The molecular weight excluding hydrogens is 1070 g/mol. The van der Waals surface area contributed by atoms with Crippen molar-refractivity contribution in [3.63, 3.8) is 0 Å². The summed E-state index contributed by atoms with van der Waals surface area (Å²) in [6.45, 7) is 1.32. The van der Waals surface area contributed by atoms with E-state index in [0.717, 1.165) is 22.7 Å². The first kappa shape index (κ1) is 61.4. The molecule has 0 bridgehead atoms. The average molecular weight is 1130 g/mol. The van der Waals surface area contributed by atoms with Crippen molar-refractivity contribution >= 4 is 115 Å². The van der Waals surface area contributed by atoms with Gasteiger partial charge in [0.05, 0.1) is 0 Å². The zero-order valence-corrected chi connectivity index (χ0v) is 45.9. The number of anilines is 11. The van der Waals surface area contributed by atoms with Crippen LogP contribution in [0, 0.1) is 0 Å². The molecule has 0 aliphatic carbocycles. The minimum absolute atomic E-state index is 0.130. The summed E-state index contributed by atoms with van der Waals surface area (Å²) in [4.78, 5) is 60.5. The van der Waals surface area contributed by atoms with Crippen LogP contribution in [0.15, 0.2) is 218 Å². The van der Waals surface area contributed by atoms with Crippen molar-refractivity contribution in [2.24, 2.45) is 0 Å². The lowest BCUT2D eigenvalue weighted by Crippen LogP contribution is -2.13. The molecule has 9 aromatic rings. The molecule has 81 heavy (non-hydrogen) atoms. The van der Waals surface area contributed by atoms with Crippen LogP contribution in [-0.2, 0) is 4.79 Å². The van der Waals surface area contributed by atoms with Gasteiger partial charge in [-0.25, -0.2) is 0 Å². The normalized spacial score (nSPS) is 9.84. The number of benzene rings is 9. The second-order valence-electron chi connectivity index (χ2n) is 17.5. The molecular formula is C62H61Cl2N11O6. The first-order chi connectivity index (χ1) is 38.7. The number of amides is 4. The molecule has 0 aromatic heterocycles. The van der Waals surface area contributed by atoms with Crippen LogP contribution in [0.3, 0.4) is 0 Å². The van der Waals surface area contributed by atoms with Crippen molar-refractivity contribution in [3.05, 3.63) is 251 Å². The molecule has 9 rings (SSSR count). The molecule has 4 amide bonds. The van der Waals surface area contributed by atoms with Gasteiger partial charge in [-0.1, -0.05) is 29.3 Å². The Balaban J connectivity index is 0.000000190. The first-order valence-electron chi connectivity index (χ1n) is 24.5. The van der Waals surface area contributed by atoms with Gasteiger partial charge in [0.1, 0.15) is 5.75 Å². The van der Waals surface area contributed by atoms with Crippen molar-refractivity contribution in [1.29, 1.82) is 0 Å². The quantitative estimate of drug-likeness (QED) is 0.0346. The molecule has 0 unspecified atom stereocenters. The minimum Gasteiger partial charge on any atom is -0.427 e. The number of carbonyl (C=O) groups is 5. The highest BCUT2D eigenvalue weighted by molar-refractivity contribution is 6.31. The third kappa shape index (κ3) is 22.2. The van der Waals surface area contributed by atoms with Gasteiger partial charge in [0, 0.05) is 116 Å². The lowest BCUT2D eigenvalue weighted by Gasteiger charge is -2.12. The summed E-state index contributed by atoms with van der Waals surface area (Å²) in [6, 6.07) is 62.2. The summed E-state index contributed by atoms with van der Waals surface area (Å²) in [5.41, 5.74) is 43.2. The highest BCUT2D eigenvalue weighted by Crippen LogP contribution is 2.20. The Hall–Kier alpha value is -10.5. The van der Waals surface area contributed by atoms with Gasteiger partial charge in [0.2, 0.25) is 0 Å². The Kier molecular flexibility index (Phi) is 23.5. The van der Waals surface area contributed by atoms with E-state index in [9.17, 15) is 24.0 Å². The maximum atomic E-state index is 12.0. The summed E-state index contributed by atoms with van der Waals surface area (Å²) >= 11 is 11.6. The number of nitrogens with two attached hydrogens (primary N) is 6. The number of nitrogens with zero attached hydrogens (tertiary/aromatic N) is 1. The summed E-state index contributed by atoms with van der Waals surface area (Å²) in [6.07, 6.45) is 0. The SMILES string of the molecule is CC(=O)Oc1ccc(C(=O)Nc2ccc(N)cc2)cc1.CN(C)c1ccc(C(=O)Nc2ccc(N)cc2)cc1.Nc1ccc(N)cc1.Nc1ccc(NC(=O)c2ccc(Cl)cc2)cc1.Nc1ccc(NC(=O)c2cccc(Cl)c2)cc1. The van der Waals surface area contributed by atoms with Crippen molar-refractivity contribution in [3.8, 4) is 5.75 Å². The third-order valence-corrected chi connectivity index (χ3v) is 11.3. The molecule has 0 atom stereocenters. The van der Waals surface area contributed by atoms with Crippen LogP contribution in [0.2, 0.25) is 10.0 Å². The zero-order chi connectivity index (χ0) is 58.8.